The Morgan fingerprint density at radius 1 is 1.33 bits per heavy atom. The summed E-state index contributed by atoms with van der Waals surface area (Å²) >= 11 is 6.02. The summed E-state index contributed by atoms with van der Waals surface area (Å²) in [6.45, 7) is 0. The molecule has 1 unspecified atom stereocenters. The molecule has 0 spiro atoms. The van der Waals surface area contributed by atoms with E-state index in [1.807, 2.05) is 37.4 Å². The SMILES string of the molecule is CNC(Cc1cccnc1N)c1cccc(Cl)c1. The van der Waals surface area contributed by atoms with Crippen LogP contribution in [0.25, 0.3) is 0 Å². The van der Waals surface area contributed by atoms with Gasteiger partial charge in [0.05, 0.1) is 0 Å². The fourth-order valence-corrected chi connectivity index (χ4v) is 2.15. The lowest BCUT2D eigenvalue weighted by molar-refractivity contribution is 0.592. The standard InChI is InChI=1S/C14H16ClN3/c1-17-13(10-4-2-6-12(15)8-10)9-11-5-3-7-18-14(11)16/h2-8,13,17H,9H2,1H3,(H2,16,18). The van der Waals surface area contributed by atoms with Crippen LogP contribution in [-0.2, 0) is 6.42 Å². The predicted octanol–water partition coefficient (Wildman–Crippen LogP) is 2.82. The first-order chi connectivity index (χ1) is 8.70. The second-order valence-corrected chi connectivity index (χ2v) is 4.58. The zero-order valence-corrected chi connectivity index (χ0v) is 11.0. The van der Waals surface area contributed by atoms with Crippen molar-refractivity contribution in [3.63, 3.8) is 0 Å². The minimum atomic E-state index is 0.176. The average molecular weight is 262 g/mol. The molecule has 3 N–H and O–H groups in total. The molecule has 0 aliphatic rings. The fourth-order valence-electron chi connectivity index (χ4n) is 1.95. The number of anilines is 1. The fraction of sp³-hybridized carbons (Fsp3) is 0.214. The van der Waals surface area contributed by atoms with Crippen LogP contribution in [-0.4, -0.2) is 12.0 Å². The van der Waals surface area contributed by atoms with Crippen LogP contribution in [0.1, 0.15) is 17.2 Å². The Morgan fingerprint density at radius 2 is 2.17 bits per heavy atom. The molecule has 0 fully saturated rings. The van der Waals surface area contributed by atoms with Crippen LogP contribution in [0.3, 0.4) is 0 Å². The number of nitrogens with two attached hydrogens (primary N) is 1. The summed E-state index contributed by atoms with van der Waals surface area (Å²) in [5, 5.41) is 4.02. The van der Waals surface area contributed by atoms with Crippen molar-refractivity contribution in [2.75, 3.05) is 12.8 Å². The Morgan fingerprint density at radius 3 is 2.83 bits per heavy atom. The third kappa shape index (κ3) is 3.00. The third-order valence-corrected chi connectivity index (χ3v) is 3.18. The maximum absolute atomic E-state index is 6.02. The Labute approximate surface area is 112 Å². The zero-order valence-electron chi connectivity index (χ0n) is 10.2. The molecule has 1 aromatic carbocycles. The van der Waals surface area contributed by atoms with E-state index >= 15 is 0 Å². The van der Waals surface area contributed by atoms with Gasteiger partial charge in [-0.25, -0.2) is 4.98 Å². The van der Waals surface area contributed by atoms with E-state index in [1.54, 1.807) is 6.20 Å². The summed E-state index contributed by atoms with van der Waals surface area (Å²) in [7, 11) is 1.93. The van der Waals surface area contributed by atoms with Gasteiger partial charge in [0.25, 0.3) is 0 Å². The second-order valence-electron chi connectivity index (χ2n) is 4.15. The number of halogens is 1. The molecule has 0 saturated heterocycles. The Balaban J connectivity index is 2.23. The van der Waals surface area contributed by atoms with Gasteiger partial charge in [0.2, 0.25) is 0 Å². The van der Waals surface area contributed by atoms with Crippen molar-refractivity contribution < 1.29 is 0 Å². The van der Waals surface area contributed by atoms with Crippen LogP contribution in [0, 0.1) is 0 Å². The first-order valence-corrected chi connectivity index (χ1v) is 6.20. The van der Waals surface area contributed by atoms with E-state index in [4.69, 9.17) is 17.3 Å². The molecule has 0 bridgehead atoms. The van der Waals surface area contributed by atoms with Crippen molar-refractivity contribution in [3.05, 3.63) is 58.7 Å². The van der Waals surface area contributed by atoms with Gasteiger partial charge >= 0.3 is 0 Å². The summed E-state index contributed by atoms with van der Waals surface area (Å²) in [6.07, 6.45) is 2.49. The monoisotopic (exact) mass is 261 g/mol. The molecule has 4 heteroatoms. The number of benzene rings is 1. The Bertz CT molecular complexity index is 528. The lowest BCUT2D eigenvalue weighted by atomic mass is 9.99. The quantitative estimate of drug-likeness (QED) is 0.890. The zero-order chi connectivity index (χ0) is 13.0. The minimum Gasteiger partial charge on any atom is -0.383 e. The topological polar surface area (TPSA) is 50.9 Å². The highest BCUT2D eigenvalue weighted by Crippen LogP contribution is 2.22. The van der Waals surface area contributed by atoms with Crippen LogP contribution in [0.5, 0.6) is 0 Å². The number of hydrogen-bond acceptors (Lipinski definition) is 3. The van der Waals surface area contributed by atoms with E-state index in [1.165, 1.54) is 0 Å². The molecular formula is C14H16ClN3. The van der Waals surface area contributed by atoms with Gasteiger partial charge in [-0.15, -0.1) is 0 Å². The Hall–Kier alpha value is -1.58. The highest BCUT2D eigenvalue weighted by Gasteiger charge is 2.12. The first-order valence-electron chi connectivity index (χ1n) is 5.83. The van der Waals surface area contributed by atoms with E-state index in [9.17, 15) is 0 Å². The van der Waals surface area contributed by atoms with Gasteiger partial charge in [-0.1, -0.05) is 29.8 Å². The summed E-state index contributed by atoms with van der Waals surface area (Å²) in [5.74, 6) is 0.583. The summed E-state index contributed by atoms with van der Waals surface area (Å²) in [4.78, 5) is 4.10. The van der Waals surface area contributed by atoms with Gasteiger partial charge in [0.15, 0.2) is 0 Å². The molecule has 0 aliphatic heterocycles. The maximum Gasteiger partial charge on any atom is 0.126 e. The van der Waals surface area contributed by atoms with Crippen LogP contribution in [0.15, 0.2) is 42.6 Å². The molecule has 0 radical (unpaired) electrons. The van der Waals surface area contributed by atoms with Gasteiger partial charge in [-0.05, 0) is 42.8 Å². The number of nitrogen functional groups attached to an aromatic ring is 1. The lowest BCUT2D eigenvalue weighted by Crippen LogP contribution is -2.19. The first kappa shape index (κ1) is 12.9. The average Bonchev–Trinajstić information content (AvgIpc) is 2.38. The number of rotatable bonds is 4. The molecule has 0 aliphatic carbocycles. The van der Waals surface area contributed by atoms with Gasteiger partial charge < -0.3 is 11.1 Å². The molecule has 0 amide bonds. The highest BCUT2D eigenvalue weighted by molar-refractivity contribution is 6.30. The minimum absolute atomic E-state index is 0.176. The number of pyridine rings is 1. The van der Waals surface area contributed by atoms with E-state index in [0.717, 1.165) is 22.6 Å². The molecule has 2 aromatic rings. The normalized spacial score (nSPS) is 12.3. The van der Waals surface area contributed by atoms with Crippen LogP contribution < -0.4 is 11.1 Å². The van der Waals surface area contributed by atoms with E-state index < -0.39 is 0 Å². The largest absolute Gasteiger partial charge is 0.383 e. The van der Waals surface area contributed by atoms with Crippen molar-refractivity contribution in [1.82, 2.24) is 10.3 Å². The number of nitrogens with zero attached hydrogens (tertiary/aromatic N) is 1. The highest BCUT2D eigenvalue weighted by atomic mass is 35.5. The lowest BCUT2D eigenvalue weighted by Gasteiger charge is -2.17. The molecule has 94 valence electrons. The smallest absolute Gasteiger partial charge is 0.126 e. The maximum atomic E-state index is 6.02. The van der Waals surface area contributed by atoms with Gasteiger partial charge in [-0.2, -0.15) is 0 Å². The molecule has 1 atom stereocenters. The molecule has 2 rings (SSSR count). The predicted molar refractivity (Wildman–Crippen MR) is 75.6 cm³/mol. The summed E-state index contributed by atoms with van der Waals surface area (Å²) in [5.41, 5.74) is 8.05. The number of aromatic nitrogens is 1. The molecule has 1 aromatic heterocycles. The van der Waals surface area contributed by atoms with Crippen molar-refractivity contribution in [2.24, 2.45) is 0 Å². The van der Waals surface area contributed by atoms with Crippen molar-refractivity contribution in [1.29, 1.82) is 0 Å². The van der Waals surface area contributed by atoms with E-state index in [-0.39, 0.29) is 6.04 Å². The van der Waals surface area contributed by atoms with Crippen molar-refractivity contribution in [3.8, 4) is 0 Å². The van der Waals surface area contributed by atoms with E-state index in [2.05, 4.69) is 16.4 Å². The molecule has 18 heavy (non-hydrogen) atoms. The summed E-state index contributed by atoms with van der Waals surface area (Å²) in [6, 6.07) is 11.9. The molecule has 3 nitrogen and oxygen atoms in total. The number of likely N-dealkylation sites (N-methyl/N-ethyl adjacent to an activating group) is 1. The Kier molecular flexibility index (Phi) is 4.18. The molecular weight excluding hydrogens is 246 g/mol. The van der Waals surface area contributed by atoms with Gasteiger partial charge in [0.1, 0.15) is 5.82 Å². The number of nitrogens with one attached hydrogen (secondary N) is 1. The molecule has 0 saturated carbocycles. The second kappa shape index (κ2) is 5.85. The van der Waals surface area contributed by atoms with Gasteiger partial charge in [0, 0.05) is 17.3 Å². The van der Waals surface area contributed by atoms with Crippen LogP contribution >= 0.6 is 11.6 Å². The third-order valence-electron chi connectivity index (χ3n) is 2.95. The van der Waals surface area contributed by atoms with Crippen molar-refractivity contribution in [2.45, 2.75) is 12.5 Å². The summed E-state index contributed by atoms with van der Waals surface area (Å²) < 4.78 is 0. The van der Waals surface area contributed by atoms with Crippen LogP contribution in [0.4, 0.5) is 5.82 Å². The number of hydrogen-bond donors (Lipinski definition) is 2. The van der Waals surface area contributed by atoms with E-state index in [0.29, 0.717) is 5.82 Å². The van der Waals surface area contributed by atoms with Crippen LogP contribution in [0.2, 0.25) is 5.02 Å². The van der Waals surface area contributed by atoms with Crippen molar-refractivity contribution >= 4 is 17.4 Å². The molecule has 1 heterocycles. The van der Waals surface area contributed by atoms with Gasteiger partial charge in [-0.3, -0.25) is 0 Å².